The summed E-state index contributed by atoms with van der Waals surface area (Å²) in [4.78, 5) is 2.30. The Labute approximate surface area is 164 Å². The van der Waals surface area contributed by atoms with Crippen LogP contribution in [0.3, 0.4) is 0 Å². The molecule has 6 heteroatoms. The van der Waals surface area contributed by atoms with Crippen molar-refractivity contribution in [3.63, 3.8) is 0 Å². The molecular formula is C22H24FN3O2. The van der Waals surface area contributed by atoms with E-state index in [4.69, 9.17) is 9.47 Å². The molecule has 0 spiro atoms. The van der Waals surface area contributed by atoms with Crippen molar-refractivity contribution in [1.29, 1.82) is 0 Å². The minimum absolute atomic E-state index is 0.231. The predicted octanol–water partition coefficient (Wildman–Crippen LogP) is 3.95. The Kier molecular flexibility index (Phi) is 5.30. The summed E-state index contributed by atoms with van der Waals surface area (Å²) >= 11 is 0. The molecule has 1 saturated heterocycles. The van der Waals surface area contributed by atoms with Crippen LogP contribution >= 0.6 is 0 Å². The van der Waals surface area contributed by atoms with E-state index in [0.29, 0.717) is 23.8 Å². The molecule has 1 fully saturated rings. The Morgan fingerprint density at radius 1 is 1.00 bits per heavy atom. The van der Waals surface area contributed by atoms with Gasteiger partial charge in [-0.05, 0) is 29.8 Å². The topological polar surface area (TPSA) is 50.4 Å². The summed E-state index contributed by atoms with van der Waals surface area (Å²) in [5.74, 6) is 1.72. The van der Waals surface area contributed by atoms with Crippen molar-refractivity contribution in [1.82, 2.24) is 15.1 Å². The van der Waals surface area contributed by atoms with Crippen LogP contribution in [0.5, 0.6) is 11.5 Å². The number of H-pyrrole nitrogens is 1. The highest BCUT2D eigenvalue weighted by Gasteiger charge is 2.35. The zero-order valence-electron chi connectivity index (χ0n) is 16.1. The fraction of sp³-hybridized carbons (Fsp3) is 0.318. The number of rotatable bonds is 6. The fourth-order valence-electron chi connectivity index (χ4n) is 4.02. The Morgan fingerprint density at radius 2 is 1.71 bits per heavy atom. The van der Waals surface area contributed by atoms with Crippen LogP contribution in [0.25, 0.3) is 0 Å². The third-order valence-corrected chi connectivity index (χ3v) is 5.52. The van der Waals surface area contributed by atoms with Crippen LogP contribution in [0.15, 0.2) is 54.7 Å². The van der Waals surface area contributed by atoms with E-state index in [9.17, 15) is 4.39 Å². The third kappa shape index (κ3) is 3.73. The average Bonchev–Trinajstić information content (AvgIpc) is 3.39. The maximum Gasteiger partial charge on any atom is 0.131 e. The van der Waals surface area contributed by atoms with E-state index >= 15 is 0 Å². The van der Waals surface area contributed by atoms with Gasteiger partial charge in [0.25, 0.3) is 0 Å². The normalized spacial score (nSPS) is 19.7. The van der Waals surface area contributed by atoms with Gasteiger partial charge in [0.1, 0.15) is 17.3 Å². The molecule has 2 atom stereocenters. The number of methoxy groups -OCH3 is 2. The van der Waals surface area contributed by atoms with Crippen LogP contribution in [-0.4, -0.2) is 42.4 Å². The van der Waals surface area contributed by atoms with Gasteiger partial charge in [0.15, 0.2) is 0 Å². The van der Waals surface area contributed by atoms with Crippen LogP contribution in [0.2, 0.25) is 0 Å². The molecule has 0 bridgehead atoms. The summed E-state index contributed by atoms with van der Waals surface area (Å²) in [6, 6.07) is 15.3. The first kappa shape index (κ1) is 18.5. The van der Waals surface area contributed by atoms with Crippen molar-refractivity contribution in [3.8, 4) is 11.5 Å². The van der Waals surface area contributed by atoms with E-state index < -0.39 is 0 Å². The smallest absolute Gasteiger partial charge is 0.131 e. The lowest BCUT2D eigenvalue weighted by Gasteiger charge is -2.18. The van der Waals surface area contributed by atoms with Gasteiger partial charge in [0.2, 0.25) is 0 Å². The standard InChI is InChI=1S/C22H24FN3O2/c1-27-17-6-3-15(4-7-17)19-13-26(14-20(19)22-9-10-24-25-22)12-16-5-8-18(28-2)11-21(16)23/h3-11,19-20H,12-14H2,1-2H3,(H,24,25)/t19-,20+/m0/s1. The average molecular weight is 381 g/mol. The number of hydrogen-bond acceptors (Lipinski definition) is 4. The molecule has 3 aromatic rings. The number of nitrogens with one attached hydrogen (secondary N) is 1. The van der Waals surface area contributed by atoms with E-state index in [0.717, 1.165) is 24.5 Å². The Balaban J connectivity index is 1.57. The van der Waals surface area contributed by atoms with Gasteiger partial charge in [-0.1, -0.05) is 18.2 Å². The molecule has 0 saturated carbocycles. The SMILES string of the molecule is COc1ccc([C@@H]2CN(Cc3ccc(OC)cc3F)C[C@H]2c2ccn[nH]2)cc1. The van der Waals surface area contributed by atoms with Gasteiger partial charge in [-0.3, -0.25) is 10.00 Å². The third-order valence-electron chi connectivity index (χ3n) is 5.52. The zero-order valence-corrected chi connectivity index (χ0v) is 16.1. The van der Waals surface area contributed by atoms with E-state index in [1.54, 1.807) is 26.5 Å². The molecule has 1 aromatic heterocycles. The summed E-state index contributed by atoms with van der Waals surface area (Å²) in [5.41, 5.74) is 3.04. The largest absolute Gasteiger partial charge is 0.497 e. The van der Waals surface area contributed by atoms with Crippen molar-refractivity contribution in [2.45, 2.75) is 18.4 Å². The van der Waals surface area contributed by atoms with Crippen molar-refractivity contribution in [2.75, 3.05) is 27.3 Å². The molecule has 4 rings (SSSR count). The number of likely N-dealkylation sites (tertiary alicyclic amines) is 1. The van der Waals surface area contributed by atoms with Crippen LogP contribution in [0, 0.1) is 5.82 Å². The monoisotopic (exact) mass is 381 g/mol. The molecule has 146 valence electrons. The van der Waals surface area contributed by atoms with Crippen LogP contribution in [0.4, 0.5) is 4.39 Å². The van der Waals surface area contributed by atoms with E-state index in [1.807, 2.05) is 24.3 Å². The second-order valence-electron chi connectivity index (χ2n) is 7.15. The highest BCUT2D eigenvalue weighted by Crippen LogP contribution is 2.40. The van der Waals surface area contributed by atoms with Gasteiger partial charge >= 0.3 is 0 Å². The second kappa shape index (κ2) is 8.02. The molecular weight excluding hydrogens is 357 g/mol. The molecule has 0 amide bonds. The van der Waals surface area contributed by atoms with Crippen molar-refractivity contribution in [3.05, 3.63) is 77.4 Å². The number of aromatic nitrogens is 2. The van der Waals surface area contributed by atoms with Gasteiger partial charge in [0, 0.05) is 55.0 Å². The molecule has 1 aliphatic rings. The predicted molar refractivity (Wildman–Crippen MR) is 105 cm³/mol. The molecule has 5 nitrogen and oxygen atoms in total. The first-order chi connectivity index (χ1) is 13.7. The highest BCUT2D eigenvalue weighted by molar-refractivity contribution is 5.34. The maximum absolute atomic E-state index is 14.4. The quantitative estimate of drug-likeness (QED) is 0.702. The molecule has 0 radical (unpaired) electrons. The molecule has 2 heterocycles. The lowest BCUT2D eigenvalue weighted by atomic mass is 9.87. The number of hydrogen-bond donors (Lipinski definition) is 1. The summed E-state index contributed by atoms with van der Waals surface area (Å²) in [6.45, 7) is 2.25. The number of ether oxygens (including phenoxy) is 2. The van der Waals surface area contributed by atoms with Crippen LogP contribution in [-0.2, 0) is 6.54 Å². The number of aromatic amines is 1. The van der Waals surface area contributed by atoms with E-state index in [2.05, 4.69) is 27.2 Å². The maximum atomic E-state index is 14.4. The van der Waals surface area contributed by atoms with Crippen molar-refractivity contribution < 1.29 is 13.9 Å². The first-order valence-corrected chi connectivity index (χ1v) is 9.36. The lowest BCUT2D eigenvalue weighted by Crippen LogP contribution is -2.21. The fourth-order valence-corrected chi connectivity index (χ4v) is 4.02. The molecule has 2 aromatic carbocycles. The lowest BCUT2D eigenvalue weighted by molar-refractivity contribution is 0.317. The van der Waals surface area contributed by atoms with Crippen LogP contribution in [0.1, 0.15) is 28.7 Å². The van der Waals surface area contributed by atoms with E-state index in [1.165, 1.54) is 11.6 Å². The zero-order chi connectivity index (χ0) is 19.5. The first-order valence-electron chi connectivity index (χ1n) is 9.36. The minimum Gasteiger partial charge on any atom is -0.497 e. The summed E-state index contributed by atoms with van der Waals surface area (Å²) in [5, 5.41) is 7.25. The van der Waals surface area contributed by atoms with Crippen molar-refractivity contribution in [2.24, 2.45) is 0 Å². The Hall–Kier alpha value is -2.86. The van der Waals surface area contributed by atoms with Gasteiger partial charge in [0.05, 0.1) is 14.2 Å². The minimum atomic E-state index is -0.231. The molecule has 0 aliphatic carbocycles. The van der Waals surface area contributed by atoms with Gasteiger partial charge in [-0.25, -0.2) is 4.39 Å². The highest BCUT2D eigenvalue weighted by atomic mass is 19.1. The van der Waals surface area contributed by atoms with Gasteiger partial charge < -0.3 is 9.47 Å². The summed E-state index contributed by atoms with van der Waals surface area (Å²) in [6.07, 6.45) is 1.78. The molecule has 1 N–H and O–H groups in total. The Bertz CT molecular complexity index is 912. The number of halogens is 1. The van der Waals surface area contributed by atoms with Crippen molar-refractivity contribution >= 4 is 0 Å². The molecule has 1 aliphatic heterocycles. The number of benzene rings is 2. The van der Waals surface area contributed by atoms with Gasteiger partial charge in [-0.15, -0.1) is 0 Å². The number of nitrogens with zero attached hydrogens (tertiary/aromatic N) is 2. The Morgan fingerprint density at radius 3 is 2.36 bits per heavy atom. The van der Waals surface area contributed by atoms with Crippen LogP contribution < -0.4 is 9.47 Å². The van der Waals surface area contributed by atoms with Gasteiger partial charge in [-0.2, -0.15) is 5.10 Å². The molecule has 28 heavy (non-hydrogen) atoms. The summed E-state index contributed by atoms with van der Waals surface area (Å²) < 4.78 is 24.8. The van der Waals surface area contributed by atoms with E-state index in [-0.39, 0.29) is 11.7 Å². The second-order valence-corrected chi connectivity index (χ2v) is 7.15. The molecule has 0 unspecified atom stereocenters. The summed E-state index contributed by atoms with van der Waals surface area (Å²) in [7, 11) is 3.21.